The van der Waals surface area contributed by atoms with Crippen molar-refractivity contribution < 1.29 is 14.6 Å². The number of esters is 1. The number of piperazine rings is 1. The SMILES string of the molecule is CCOC(=O)CCCCn1nnc(-c2ccc([C@H](c3cccc(O)c3)N3CCN(Cc4ccccc4)C[C@@H]3C)cc2)n1. The maximum Gasteiger partial charge on any atom is 0.305 e. The van der Waals surface area contributed by atoms with Gasteiger partial charge in [-0.1, -0.05) is 66.7 Å². The first-order valence-electron chi connectivity index (χ1n) is 14.8. The van der Waals surface area contributed by atoms with Crippen LogP contribution in [0.25, 0.3) is 11.4 Å². The Bertz CT molecular complexity index is 1430. The lowest BCUT2D eigenvalue weighted by Gasteiger charge is -2.44. The second-order valence-corrected chi connectivity index (χ2v) is 10.9. The highest BCUT2D eigenvalue weighted by Gasteiger charge is 2.31. The van der Waals surface area contributed by atoms with Gasteiger partial charge in [0.2, 0.25) is 5.82 Å². The highest BCUT2D eigenvalue weighted by atomic mass is 16.5. The van der Waals surface area contributed by atoms with Gasteiger partial charge >= 0.3 is 5.97 Å². The van der Waals surface area contributed by atoms with E-state index in [9.17, 15) is 9.90 Å². The Morgan fingerprint density at radius 3 is 2.55 bits per heavy atom. The van der Waals surface area contributed by atoms with Crippen molar-refractivity contribution in [3.05, 3.63) is 95.6 Å². The lowest BCUT2D eigenvalue weighted by Crippen LogP contribution is -2.52. The predicted octanol–water partition coefficient (Wildman–Crippen LogP) is 5.07. The van der Waals surface area contributed by atoms with Crippen LogP contribution >= 0.6 is 0 Å². The number of phenolic OH excluding ortho intramolecular Hbond substituents is 1. The molecule has 1 N–H and O–H groups in total. The molecule has 1 aliphatic heterocycles. The number of aryl methyl sites for hydroxylation is 1. The molecule has 1 fully saturated rings. The number of aromatic hydroxyl groups is 1. The number of carbonyl (C=O) groups excluding carboxylic acids is 1. The van der Waals surface area contributed by atoms with Gasteiger partial charge in [-0.2, -0.15) is 4.80 Å². The van der Waals surface area contributed by atoms with E-state index in [1.807, 2.05) is 31.2 Å². The summed E-state index contributed by atoms with van der Waals surface area (Å²) >= 11 is 0. The van der Waals surface area contributed by atoms with Gasteiger partial charge in [-0.25, -0.2) is 0 Å². The van der Waals surface area contributed by atoms with E-state index >= 15 is 0 Å². The fraction of sp³-hybridized carbons (Fsp3) is 0.394. The van der Waals surface area contributed by atoms with E-state index in [2.05, 4.69) is 80.7 Å². The van der Waals surface area contributed by atoms with Crippen LogP contribution in [0.15, 0.2) is 78.9 Å². The van der Waals surface area contributed by atoms with E-state index in [1.54, 1.807) is 10.9 Å². The highest BCUT2D eigenvalue weighted by Crippen LogP contribution is 2.34. The van der Waals surface area contributed by atoms with E-state index in [0.29, 0.717) is 31.4 Å². The lowest BCUT2D eigenvalue weighted by atomic mass is 9.93. The third-order valence-corrected chi connectivity index (χ3v) is 7.76. The van der Waals surface area contributed by atoms with Gasteiger partial charge in [0.25, 0.3) is 0 Å². The minimum absolute atomic E-state index is 0.00284. The second-order valence-electron chi connectivity index (χ2n) is 10.9. The topological polar surface area (TPSA) is 96.6 Å². The molecule has 9 nitrogen and oxygen atoms in total. The molecule has 2 atom stereocenters. The van der Waals surface area contributed by atoms with Gasteiger partial charge in [0.05, 0.1) is 19.2 Å². The number of hydrogen-bond donors (Lipinski definition) is 1. The number of rotatable bonds is 12. The van der Waals surface area contributed by atoms with Gasteiger partial charge in [-0.05, 0) is 60.7 Å². The molecule has 0 amide bonds. The number of phenols is 1. The van der Waals surface area contributed by atoms with Crippen LogP contribution in [-0.4, -0.2) is 73.4 Å². The van der Waals surface area contributed by atoms with Crippen molar-refractivity contribution in [1.29, 1.82) is 0 Å². The van der Waals surface area contributed by atoms with Crippen LogP contribution in [0.5, 0.6) is 5.75 Å². The molecule has 9 heteroatoms. The number of aromatic nitrogens is 4. The standard InChI is InChI=1S/C33H40N6O3/c1-3-42-31(41)14-7-8-19-39-35-33(34-36-39)28-17-15-27(16-18-28)32(29-12-9-13-30(40)22-29)38-21-20-37(23-25(38)2)24-26-10-5-4-6-11-26/h4-6,9-13,15-18,22,25,32,40H,3,7-8,14,19-21,23-24H2,1-2H3/t25-,32+/m0/s1. The van der Waals surface area contributed by atoms with Gasteiger partial charge in [0, 0.05) is 44.2 Å². The third-order valence-electron chi connectivity index (χ3n) is 7.76. The van der Waals surface area contributed by atoms with Crippen LogP contribution in [0.4, 0.5) is 0 Å². The fourth-order valence-electron chi connectivity index (χ4n) is 5.71. The van der Waals surface area contributed by atoms with Crippen molar-refractivity contribution in [2.24, 2.45) is 0 Å². The van der Waals surface area contributed by atoms with Crippen molar-refractivity contribution in [3.8, 4) is 17.1 Å². The summed E-state index contributed by atoms with van der Waals surface area (Å²) in [6, 6.07) is 26.9. The Morgan fingerprint density at radius 2 is 1.81 bits per heavy atom. The number of ether oxygens (including phenoxy) is 1. The highest BCUT2D eigenvalue weighted by molar-refractivity contribution is 5.69. The van der Waals surface area contributed by atoms with E-state index in [1.165, 1.54) is 5.56 Å². The third kappa shape index (κ3) is 7.60. The van der Waals surface area contributed by atoms with Crippen LogP contribution in [0.3, 0.4) is 0 Å². The van der Waals surface area contributed by atoms with Gasteiger partial charge < -0.3 is 9.84 Å². The first-order chi connectivity index (χ1) is 20.5. The van der Waals surface area contributed by atoms with E-state index in [0.717, 1.165) is 55.7 Å². The average Bonchev–Trinajstić information content (AvgIpc) is 3.47. The molecule has 0 aliphatic carbocycles. The average molecular weight is 569 g/mol. The summed E-state index contributed by atoms with van der Waals surface area (Å²) in [6.45, 7) is 8.91. The maximum atomic E-state index is 11.5. The van der Waals surface area contributed by atoms with Crippen LogP contribution in [0, 0.1) is 0 Å². The second kappa shape index (κ2) is 14.2. The summed E-state index contributed by atoms with van der Waals surface area (Å²) in [4.78, 5) is 18.2. The summed E-state index contributed by atoms with van der Waals surface area (Å²) in [5.41, 5.74) is 4.45. The first kappa shape index (κ1) is 29.4. The summed E-state index contributed by atoms with van der Waals surface area (Å²) < 4.78 is 4.98. The monoisotopic (exact) mass is 568 g/mol. The summed E-state index contributed by atoms with van der Waals surface area (Å²) in [5.74, 6) is 0.675. The molecule has 220 valence electrons. The summed E-state index contributed by atoms with van der Waals surface area (Å²) in [5, 5.41) is 23.3. The molecule has 0 saturated carbocycles. The molecule has 2 heterocycles. The van der Waals surface area contributed by atoms with Crippen molar-refractivity contribution in [1.82, 2.24) is 30.0 Å². The molecule has 1 aromatic heterocycles. The van der Waals surface area contributed by atoms with E-state index in [-0.39, 0.29) is 17.8 Å². The number of benzene rings is 3. The molecule has 1 saturated heterocycles. The zero-order valence-electron chi connectivity index (χ0n) is 24.5. The van der Waals surface area contributed by atoms with Gasteiger partial charge in [-0.3, -0.25) is 14.6 Å². The molecule has 0 bridgehead atoms. The molecule has 0 radical (unpaired) electrons. The number of unbranched alkanes of at least 4 members (excludes halogenated alkanes) is 1. The molecule has 4 aromatic rings. The summed E-state index contributed by atoms with van der Waals surface area (Å²) in [6.07, 6.45) is 1.90. The fourth-order valence-corrected chi connectivity index (χ4v) is 5.71. The Kier molecular flexibility index (Phi) is 9.94. The van der Waals surface area contributed by atoms with Crippen LogP contribution in [0.1, 0.15) is 55.8 Å². The number of carbonyl (C=O) groups is 1. The molecular weight excluding hydrogens is 528 g/mol. The smallest absolute Gasteiger partial charge is 0.305 e. The van der Waals surface area contributed by atoms with E-state index < -0.39 is 0 Å². The first-order valence-corrected chi connectivity index (χ1v) is 14.8. The Hall–Kier alpha value is -4.08. The Morgan fingerprint density at radius 1 is 1.00 bits per heavy atom. The van der Waals surface area contributed by atoms with Crippen LogP contribution in [0.2, 0.25) is 0 Å². The molecule has 0 spiro atoms. The largest absolute Gasteiger partial charge is 0.508 e. The van der Waals surface area contributed by atoms with Crippen LogP contribution in [-0.2, 0) is 22.6 Å². The van der Waals surface area contributed by atoms with Crippen molar-refractivity contribution in [2.75, 3.05) is 26.2 Å². The minimum atomic E-state index is -0.169. The number of nitrogens with zero attached hydrogens (tertiary/aromatic N) is 6. The number of tetrazole rings is 1. The Labute approximate surface area is 247 Å². The van der Waals surface area contributed by atoms with Crippen molar-refractivity contribution in [3.63, 3.8) is 0 Å². The van der Waals surface area contributed by atoms with Gasteiger partial charge in [-0.15, -0.1) is 10.2 Å². The zero-order valence-corrected chi connectivity index (χ0v) is 24.5. The zero-order chi connectivity index (χ0) is 29.3. The molecule has 3 aromatic carbocycles. The van der Waals surface area contributed by atoms with Crippen molar-refractivity contribution in [2.45, 2.75) is 58.3 Å². The van der Waals surface area contributed by atoms with Crippen LogP contribution < -0.4 is 0 Å². The quantitative estimate of drug-likeness (QED) is 0.187. The van der Waals surface area contributed by atoms with Crippen molar-refractivity contribution >= 4 is 5.97 Å². The predicted molar refractivity (Wildman–Crippen MR) is 162 cm³/mol. The molecule has 1 aliphatic rings. The molecule has 0 unspecified atom stereocenters. The minimum Gasteiger partial charge on any atom is -0.508 e. The Balaban J connectivity index is 1.27. The molecule has 42 heavy (non-hydrogen) atoms. The summed E-state index contributed by atoms with van der Waals surface area (Å²) in [7, 11) is 0. The van der Waals surface area contributed by atoms with E-state index in [4.69, 9.17) is 4.74 Å². The van der Waals surface area contributed by atoms with Gasteiger partial charge in [0.15, 0.2) is 0 Å². The lowest BCUT2D eigenvalue weighted by molar-refractivity contribution is -0.143. The molecular formula is C33H40N6O3. The maximum absolute atomic E-state index is 11.5. The van der Waals surface area contributed by atoms with Gasteiger partial charge in [0.1, 0.15) is 5.75 Å². The number of hydrogen-bond acceptors (Lipinski definition) is 8. The molecule has 5 rings (SSSR count). The normalized spacial score (nSPS) is 16.8.